The summed E-state index contributed by atoms with van der Waals surface area (Å²) in [6.45, 7) is 3.78. The first-order chi connectivity index (χ1) is 10.1. The lowest BCUT2D eigenvalue weighted by molar-refractivity contribution is 0.187. The molecule has 1 aliphatic heterocycles. The van der Waals surface area contributed by atoms with Gasteiger partial charge in [0.1, 0.15) is 0 Å². The second-order valence-electron chi connectivity index (χ2n) is 5.81. The number of nitrogens with zero attached hydrogens (tertiary/aromatic N) is 1. The molecule has 1 N–H and O–H groups in total. The lowest BCUT2D eigenvalue weighted by Crippen LogP contribution is -2.37. The van der Waals surface area contributed by atoms with Crippen molar-refractivity contribution >= 4 is 9.84 Å². The summed E-state index contributed by atoms with van der Waals surface area (Å²) in [7, 11) is -1.15. The van der Waals surface area contributed by atoms with Crippen LogP contribution in [0.4, 0.5) is 0 Å². The lowest BCUT2D eigenvalue weighted by atomic mass is 9.94. The van der Waals surface area contributed by atoms with Crippen LogP contribution in [0.2, 0.25) is 0 Å². The molecule has 0 aromatic heterocycles. The van der Waals surface area contributed by atoms with Gasteiger partial charge in [0.15, 0.2) is 9.84 Å². The topological polar surface area (TPSA) is 49.4 Å². The summed E-state index contributed by atoms with van der Waals surface area (Å²) in [5.41, 5.74) is 0. The maximum absolute atomic E-state index is 12.2. The molecule has 0 spiro atoms. The van der Waals surface area contributed by atoms with Crippen LogP contribution in [0.15, 0.2) is 35.2 Å². The molecule has 1 aliphatic rings. The van der Waals surface area contributed by atoms with Gasteiger partial charge < -0.3 is 10.2 Å². The molecule has 0 aliphatic carbocycles. The molecule has 1 fully saturated rings. The van der Waals surface area contributed by atoms with Crippen LogP contribution in [0.5, 0.6) is 0 Å². The number of benzene rings is 1. The predicted molar refractivity (Wildman–Crippen MR) is 86.2 cm³/mol. The Labute approximate surface area is 128 Å². The van der Waals surface area contributed by atoms with Crippen molar-refractivity contribution in [2.24, 2.45) is 5.92 Å². The summed E-state index contributed by atoms with van der Waals surface area (Å²) in [6, 6.07) is 8.76. The third kappa shape index (κ3) is 5.09. The zero-order valence-electron chi connectivity index (χ0n) is 12.8. The van der Waals surface area contributed by atoms with E-state index in [2.05, 4.69) is 10.2 Å². The zero-order chi connectivity index (χ0) is 15.1. The van der Waals surface area contributed by atoms with Crippen molar-refractivity contribution in [1.82, 2.24) is 10.2 Å². The van der Waals surface area contributed by atoms with E-state index >= 15 is 0 Å². The van der Waals surface area contributed by atoms with Crippen LogP contribution in [0.3, 0.4) is 0 Å². The van der Waals surface area contributed by atoms with Crippen LogP contribution in [0.1, 0.15) is 19.3 Å². The van der Waals surface area contributed by atoms with Crippen molar-refractivity contribution in [1.29, 1.82) is 0 Å². The fraction of sp³-hybridized carbons (Fsp3) is 0.625. The van der Waals surface area contributed by atoms with Gasteiger partial charge in [0.2, 0.25) is 0 Å². The first kappa shape index (κ1) is 16.5. The molecule has 5 heteroatoms. The molecule has 0 saturated carbocycles. The van der Waals surface area contributed by atoms with Crippen molar-refractivity contribution in [2.45, 2.75) is 24.2 Å². The highest BCUT2D eigenvalue weighted by molar-refractivity contribution is 7.91. The fourth-order valence-electron chi connectivity index (χ4n) is 2.84. The summed E-state index contributed by atoms with van der Waals surface area (Å²) in [6.07, 6.45) is 3.60. The molecular formula is C16H26N2O2S. The summed E-state index contributed by atoms with van der Waals surface area (Å²) < 4.78 is 24.5. The highest BCUT2D eigenvalue weighted by Crippen LogP contribution is 2.20. The Morgan fingerprint density at radius 3 is 2.48 bits per heavy atom. The molecule has 0 amide bonds. The van der Waals surface area contributed by atoms with Crippen molar-refractivity contribution in [3.63, 3.8) is 0 Å². The lowest BCUT2D eigenvalue weighted by Gasteiger charge is -2.31. The minimum atomic E-state index is -3.14. The molecule has 1 heterocycles. The largest absolute Gasteiger partial charge is 0.320 e. The van der Waals surface area contributed by atoms with Gasteiger partial charge in [0, 0.05) is 6.54 Å². The first-order valence-electron chi connectivity index (χ1n) is 7.76. The third-order valence-corrected chi connectivity index (χ3v) is 6.00. The normalized spacial score (nSPS) is 18.0. The van der Waals surface area contributed by atoms with Gasteiger partial charge in [-0.05, 0) is 64.0 Å². The van der Waals surface area contributed by atoms with Crippen LogP contribution in [-0.4, -0.2) is 52.3 Å². The smallest absolute Gasteiger partial charge is 0.179 e. The molecule has 118 valence electrons. The van der Waals surface area contributed by atoms with Crippen LogP contribution in [0.25, 0.3) is 0 Å². The molecule has 2 rings (SSSR count). The number of hydrogen-bond donors (Lipinski definition) is 1. The Balaban J connectivity index is 1.77. The predicted octanol–water partition coefficient (Wildman–Crippen LogP) is 1.78. The summed E-state index contributed by atoms with van der Waals surface area (Å²) in [4.78, 5) is 2.73. The number of sulfone groups is 1. The Bertz CT molecular complexity index is 508. The Kier molecular flexibility index (Phi) is 6.21. The molecule has 0 atom stereocenters. The molecule has 1 aromatic carbocycles. The van der Waals surface area contributed by atoms with Crippen LogP contribution in [-0.2, 0) is 9.84 Å². The SMILES string of the molecule is CNCCC1CCN(CCS(=O)(=O)c2ccccc2)CC1. The molecule has 4 nitrogen and oxygen atoms in total. The van der Waals surface area contributed by atoms with E-state index in [4.69, 9.17) is 0 Å². The minimum Gasteiger partial charge on any atom is -0.320 e. The molecule has 1 saturated heterocycles. The van der Waals surface area contributed by atoms with Gasteiger partial charge in [-0.2, -0.15) is 0 Å². The quantitative estimate of drug-likeness (QED) is 0.834. The number of likely N-dealkylation sites (tertiary alicyclic amines) is 1. The molecule has 0 bridgehead atoms. The molecule has 0 radical (unpaired) electrons. The van der Waals surface area contributed by atoms with Crippen molar-refractivity contribution in [3.8, 4) is 0 Å². The second-order valence-corrected chi connectivity index (χ2v) is 7.92. The Morgan fingerprint density at radius 1 is 1.19 bits per heavy atom. The number of piperidine rings is 1. The first-order valence-corrected chi connectivity index (χ1v) is 9.42. The molecule has 1 aromatic rings. The average Bonchev–Trinajstić information content (AvgIpc) is 2.53. The Morgan fingerprint density at radius 2 is 1.86 bits per heavy atom. The van der Waals surface area contributed by atoms with Gasteiger partial charge in [-0.25, -0.2) is 8.42 Å². The van der Waals surface area contributed by atoms with E-state index in [1.807, 2.05) is 13.1 Å². The van der Waals surface area contributed by atoms with Gasteiger partial charge >= 0.3 is 0 Å². The van der Waals surface area contributed by atoms with E-state index in [0.29, 0.717) is 11.4 Å². The van der Waals surface area contributed by atoms with Crippen LogP contribution in [0, 0.1) is 5.92 Å². The van der Waals surface area contributed by atoms with E-state index < -0.39 is 9.84 Å². The van der Waals surface area contributed by atoms with Gasteiger partial charge in [-0.15, -0.1) is 0 Å². The minimum absolute atomic E-state index is 0.220. The summed E-state index contributed by atoms with van der Waals surface area (Å²) in [5, 5.41) is 3.20. The van der Waals surface area contributed by atoms with Crippen LogP contribution < -0.4 is 5.32 Å². The maximum atomic E-state index is 12.2. The van der Waals surface area contributed by atoms with E-state index in [9.17, 15) is 8.42 Å². The van der Waals surface area contributed by atoms with Crippen LogP contribution >= 0.6 is 0 Å². The second kappa shape index (κ2) is 7.92. The summed E-state index contributed by atoms with van der Waals surface area (Å²) in [5.74, 6) is 1.01. The zero-order valence-corrected chi connectivity index (χ0v) is 13.6. The highest BCUT2D eigenvalue weighted by Gasteiger charge is 2.21. The van der Waals surface area contributed by atoms with Gasteiger partial charge in [-0.3, -0.25) is 0 Å². The fourth-order valence-corrected chi connectivity index (χ4v) is 4.15. The summed E-state index contributed by atoms with van der Waals surface area (Å²) >= 11 is 0. The number of rotatable bonds is 7. The molecular weight excluding hydrogens is 284 g/mol. The molecule has 0 unspecified atom stereocenters. The monoisotopic (exact) mass is 310 g/mol. The van der Waals surface area contributed by atoms with Gasteiger partial charge in [0.05, 0.1) is 10.6 Å². The highest BCUT2D eigenvalue weighted by atomic mass is 32.2. The van der Waals surface area contributed by atoms with Gasteiger partial charge in [0.25, 0.3) is 0 Å². The van der Waals surface area contributed by atoms with E-state index in [1.165, 1.54) is 19.3 Å². The van der Waals surface area contributed by atoms with E-state index in [-0.39, 0.29) is 5.75 Å². The Hall–Kier alpha value is -0.910. The maximum Gasteiger partial charge on any atom is 0.179 e. The van der Waals surface area contributed by atoms with Crippen molar-refractivity contribution in [2.75, 3.05) is 39.0 Å². The van der Waals surface area contributed by atoms with E-state index in [0.717, 1.165) is 25.6 Å². The van der Waals surface area contributed by atoms with Crippen molar-refractivity contribution < 1.29 is 8.42 Å². The number of hydrogen-bond acceptors (Lipinski definition) is 4. The van der Waals surface area contributed by atoms with E-state index in [1.54, 1.807) is 24.3 Å². The van der Waals surface area contributed by atoms with Gasteiger partial charge in [-0.1, -0.05) is 18.2 Å². The molecule has 21 heavy (non-hydrogen) atoms. The standard InChI is InChI=1S/C16H26N2O2S/c1-17-10-7-15-8-11-18(12-9-15)13-14-21(19,20)16-5-3-2-4-6-16/h2-6,15,17H,7-14H2,1H3. The third-order valence-electron chi connectivity index (χ3n) is 4.29. The average molecular weight is 310 g/mol. The van der Waals surface area contributed by atoms with Crippen molar-refractivity contribution in [3.05, 3.63) is 30.3 Å². The number of nitrogens with one attached hydrogen (secondary N) is 1.